The molecule has 5 rings (SSSR count). The van der Waals surface area contributed by atoms with E-state index in [1.807, 2.05) is 32.9 Å². The van der Waals surface area contributed by atoms with Gasteiger partial charge in [-0.1, -0.05) is 39.0 Å². The number of halogens is 4. The van der Waals surface area contributed by atoms with Crippen LogP contribution in [0.5, 0.6) is 11.5 Å². The first-order valence-corrected chi connectivity index (χ1v) is 17.6. The first-order chi connectivity index (χ1) is 25.4. The van der Waals surface area contributed by atoms with Gasteiger partial charge in [0.1, 0.15) is 40.8 Å². The van der Waals surface area contributed by atoms with E-state index in [2.05, 4.69) is 15.0 Å². The summed E-state index contributed by atoms with van der Waals surface area (Å²) in [6.45, 7) is 7.63. The van der Waals surface area contributed by atoms with Crippen LogP contribution in [0.3, 0.4) is 0 Å². The Morgan fingerprint density at radius 3 is 2.26 bits per heavy atom. The van der Waals surface area contributed by atoms with E-state index in [4.69, 9.17) is 4.74 Å². The van der Waals surface area contributed by atoms with Crippen LogP contribution in [0.15, 0.2) is 79.1 Å². The van der Waals surface area contributed by atoms with Crippen molar-refractivity contribution in [3.8, 4) is 11.5 Å². The van der Waals surface area contributed by atoms with E-state index in [0.29, 0.717) is 12.1 Å². The Kier molecular flexibility index (Phi) is 12.2. The van der Waals surface area contributed by atoms with Gasteiger partial charge in [-0.15, -0.1) is 13.2 Å². The number of hydrogen-bond donors (Lipinski definition) is 1. The number of amides is 3. The smallest absolute Gasteiger partial charge is 0.489 e. The predicted octanol–water partition coefficient (Wildman–Crippen LogP) is 5.59. The highest BCUT2D eigenvalue weighted by Crippen LogP contribution is 2.31. The van der Waals surface area contributed by atoms with Gasteiger partial charge in [0, 0.05) is 31.9 Å². The molecule has 4 aromatic rings. The fraction of sp³-hybridized carbons (Fsp3) is 0.436. The largest absolute Gasteiger partial charge is 0.573 e. The van der Waals surface area contributed by atoms with Crippen LogP contribution in [-0.4, -0.2) is 106 Å². The summed E-state index contributed by atoms with van der Waals surface area (Å²) in [5.41, 5.74) is 0.856. The van der Waals surface area contributed by atoms with Gasteiger partial charge in [0.25, 0.3) is 5.91 Å². The number of benzene rings is 2. The van der Waals surface area contributed by atoms with Gasteiger partial charge in [-0.2, -0.15) is 0 Å². The van der Waals surface area contributed by atoms with E-state index in [9.17, 15) is 31.9 Å². The predicted molar refractivity (Wildman–Crippen MR) is 193 cm³/mol. The number of carbonyl (C=O) groups excluding carboxylic acids is 3. The zero-order valence-corrected chi connectivity index (χ0v) is 31.1. The van der Waals surface area contributed by atoms with Crippen LogP contribution in [0, 0.1) is 11.2 Å². The number of carbonyl (C=O) groups is 3. The quantitative estimate of drug-likeness (QED) is 0.178. The summed E-state index contributed by atoms with van der Waals surface area (Å²) in [6.07, 6.45) is -1.41. The van der Waals surface area contributed by atoms with E-state index in [1.54, 1.807) is 70.7 Å². The second kappa shape index (κ2) is 16.5. The molecule has 4 atom stereocenters. The maximum Gasteiger partial charge on any atom is 0.573 e. The van der Waals surface area contributed by atoms with Gasteiger partial charge in [0.15, 0.2) is 0 Å². The first-order valence-electron chi connectivity index (χ1n) is 17.6. The molecular weight excluding hydrogens is 708 g/mol. The molecule has 11 nitrogen and oxygen atoms in total. The second-order valence-electron chi connectivity index (χ2n) is 14.8. The van der Waals surface area contributed by atoms with Gasteiger partial charge < -0.3 is 29.0 Å². The minimum absolute atomic E-state index is 0.0662. The normalized spacial score (nSPS) is 17.4. The Balaban J connectivity index is 1.46. The number of hydrogen-bond acceptors (Lipinski definition) is 7. The lowest BCUT2D eigenvalue weighted by Crippen LogP contribution is -2.59. The Morgan fingerprint density at radius 2 is 1.65 bits per heavy atom. The van der Waals surface area contributed by atoms with Crippen molar-refractivity contribution in [2.45, 2.75) is 71.1 Å². The number of pyridine rings is 1. The topological polar surface area (TPSA) is 109 Å². The van der Waals surface area contributed by atoms with E-state index in [1.165, 1.54) is 24.3 Å². The number of alkyl halides is 3. The molecule has 0 aliphatic carbocycles. The second-order valence-corrected chi connectivity index (χ2v) is 14.8. The summed E-state index contributed by atoms with van der Waals surface area (Å²) < 4.78 is 63.9. The van der Waals surface area contributed by atoms with Gasteiger partial charge in [-0.25, -0.2) is 9.37 Å². The summed E-state index contributed by atoms with van der Waals surface area (Å²) in [7, 11) is 3.53. The van der Waals surface area contributed by atoms with Gasteiger partial charge in [0.2, 0.25) is 11.8 Å². The van der Waals surface area contributed by atoms with Gasteiger partial charge in [-0.05, 0) is 86.9 Å². The van der Waals surface area contributed by atoms with E-state index >= 15 is 0 Å². The lowest BCUT2D eigenvalue weighted by Gasteiger charge is -2.37. The molecule has 15 heteroatoms. The number of fused-ring (bicyclic) bond motifs is 1. The van der Waals surface area contributed by atoms with Crippen molar-refractivity contribution in [1.29, 1.82) is 0 Å². The number of nitrogens with zero attached hydrogens (tertiary/aromatic N) is 5. The molecule has 1 saturated heterocycles. The van der Waals surface area contributed by atoms with Crippen molar-refractivity contribution in [1.82, 2.24) is 29.4 Å². The highest BCUT2D eigenvalue weighted by atomic mass is 19.4. The number of nitrogens with one attached hydrogen (secondary N) is 1. The molecule has 0 spiro atoms. The highest BCUT2D eigenvalue weighted by Gasteiger charge is 2.44. The number of imidazole rings is 1. The van der Waals surface area contributed by atoms with Gasteiger partial charge in [0.05, 0.1) is 18.6 Å². The molecule has 3 amide bonds. The molecule has 0 radical (unpaired) electrons. The molecular formula is C39H46F4N6O5. The summed E-state index contributed by atoms with van der Waals surface area (Å²) in [6, 6.07) is 14.3. The number of likely N-dealkylation sites (tertiary alicyclic amines) is 1. The number of likely N-dealkylation sites (N-methyl/N-ethyl adjacent to an activating group) is 1. The molecule has 3 heterocycles. The Bertz CT molecular complexity index is 1880. The van der Waals surface area contributed by atoms with Crippen LogP contribution < -0.4 is 14.8 Å². The Morgan fingerprint density at radius 1 is 0.981 bits per heavy atom. The van der Waals surface area contributed by atoms with Crippen molar-refractivity contribution in [3.05, 3.63) is 96.2 Å². The number of rotatable bonds is 13. The minimum atomic E-state index is -4.85. The van der Waals surface area contributed by atoms with Crippen molar-refractivity contribution in [2.24, 2.45) is 5.41 Å². The van der Waals surface area contributed by atoms with Crippen LogP contribution in [0.2, 0.25) is 0 Å². The zero-order chi connectivity index (χ0) is 39.4. The molecule has 0 unspecified atom stereocenters. The first kappa shape index (κ1) is 40.0. The molecule has 290 valence electrons. The maximum atomic E-state index is 14.6. The summed E-state index contributed by atoms with van der Waals surface area (Å²) in [5.74, 6) is -1.61. The van der Waals surface area contributed by atoms with Crippen molar-refractivity contribution in [3.63, 3.8) is 0 Å². The maximum absolute atomic E-state index is 14.6. The molecule has 0 bridgehead atoms. The van der Waals surface area contributed by atoms with Crippen LogP contribution in [0.25, 0.3) is 5.65 Å². The minimum Gasteiger partial charge on any atom is -0.489 e. The average molecular weight is 755 g/mol. The fourth-order valence-electron chi connectivity index (χ4n) is 6.27. The van der Waals surface area contributed by atoms with Crippen molar-refractivity contribution >= 4 is 23.4 Å². The molecule has 2 aromatic carbocycles. The molecule has 54 heavy (non-hydrogen) atoms. The van der Waals surface area contributed by atoms with Gasteiger partial charge in [-0.3, -0.25) is 19.3 Å². The lowest BCUT2D eigenvalue weighted by molar-refractivity contribution is -0.274. The van der Waals surface area contributed by atoms with E-state index in [0.717, 1.165) is 17.7 Å². The van der Waals surface area contributed by atoms with Crippen LogP contribution in [-0.2, 0) is 16.0 Å². The van der Waals surface area contributed by atoms with Crippen LogP contribution in [0.1, 0.15) is 50.2 Å². The molecule has 1 aliphatic rings. The molecule has 1 N–H and O–H groups in total. The third-order valence-electron chi connectivity index (χ3n) is 9.46. The standard InChI is InChI=1S/C39H46F4N6O5/c1-25(46(5)6)35(50)45-34(38(2,3)4)37(52)49-23-31(53-29-14-16-30(17-15-29)54-39(41,42)43)21-28(49)22-48(20-18-26-10-12-27(40)13-11-26)36(51)32-24-47-19-8-7-9-33(47)44-32/h7-17,19,24-25,28,31,34H,18,20-23H2,1-6H3,(H,45,50)/t25-,28-,31-,34+/m0/s1. The third-order valence-corrected chi connectivity index (χ3v) is 9.46. The number of ether oxygens (including phenoxy) is 2. The van der Waals surface area contributed by atoms with Gasteiger partial charge >= 0.3 is 6.36 Å². The molecule has 1 aliphatic heterocycles. The monoisotopic (exact) mass is 754 g/mol. The SMILES string of the molecule is C[C@@H](C(=O)N[C@H](C(=O)N1C[C@@H](Oc2ccc(OC(F)(F)F)cc2)C[C@H]1CN(CCc1ccc(F)cc1)C(=O)c1cn2ccccc2n1)C(C)(C)C)N(C)C. The zero-order valence-electron chi connectivity index (χ0n) is 31.1. The summed E-state index contributed by atoms with van der Waals surface area (Å²) in [4.78, 5) is 51.6. The molecule has 2 aromatic heterocycles. The molecule has 1 fully saturated rings. The van der Waals surface area contributed by atoms with Crippen LogP contribution in [0.4, 0.5) is 17.6 Å². The lowest BCUT2D eigenvalue weighted by atomic mass is 9.85. The third kappa shape index (κ3) is 10.3. The number of aromatic nitrogens is 2. The summed E-state index contributed by atoms with van der Waals surface area (Å²) in [5, 5.41) is 2.95. The van der Waals surface area contributed by atoms with Crippen molar-refractivity contribution in [2.75, 3.05) is 33.7 Å². The van der Waals surface area contributed by atoms with E-state index in [-0.39, 0.29) is 61.0 Å². The van der Waals surface area contributed by atoms with Crippen LogP contribution >= 0.6 is 0 Å². The Labute approximate surface area is 311 Å². The van der Waals surface area contributed by atoms with Crippen molar-refractivity contribution < 1.29 is 41.4 Å². The van der Waals surface area contributed by atoms with E-state index < -0.39 is 41.8 Å². The Hall–Kier alpha value is -5.18. The fourth-order valence-corrected chi connectivity index (χ4v) is 6.27. The average Bonchev–Trinajstić information content (AvgIpc) is 3.72. The molecule has 0 saturated carbocycles. The summed E-state index contributed by atoms with van der Waals surface area (Å²) >= 11 is 0. The highest BCUT2D eigenvalue weighted by molar-refractivity contribution is 5.93.